The van der Waals surface area contributed by atoms with Gasteiger partial charge in [0.05, 0.1) is 22.3 Å². The molecule has 62 heavy (non-hydrogen) atoms. The molecule has 0 unspecified atom stereocenters. The third-order valence-electron chi connectivity index (χ3n) is 13.0. The van der Waals surface area contributed by atoms with Crippen LogP contribution in [-0.2, 0) is 21.0 Å². The number of nitrogens with one attached hydrogen (secondary N) is 2. The number of aromatic nitrogens is 5. The highest BCUT2D eigenvalue weighted by Gasteiger charge is 2.38. The summed E-state index contributed by atoms with van der Waals surface area (Å²) in [4.78, 5) is 54.1. The number of aromatic amines is 2. The predicted octanol–water partition coefficient (Wildman–Crippen LogP) is 6.86. The van der Waals surface area contributed by atoms with Crippen molar-refractivity contribution in [1.82, 2.24) is 29.6 Å². The summed E-state index contributed by atoms with van der Waals surface area (Å²) < 4.78 is 50.7. The number of aryl methyl sites for hydroxylation is 2. The van der Waals surface area contributed by atoms with E-state index in [-0.39, 0.29) is 29.5 Å². The standard InChI is InChI=1S/C40H42FN5O5S.C6H8N2O2.H2/c1-23-16-31(17-24(2)36(23)41)46-38(47)33-10-13-45(39(48)35-20-29-18-28(8-9-34(29)42-35)26-11-14-51-15-12-26)25(3)37(33)43-40(46)44-21-30(22-44)27-6-5-7-32(19-27)52(4,49)50;1-3-2-4(3)5-7-6(9)10-8-5;/h5-9,16-20,25-26,30,42H,10-15,21-22H2,1-4H3;3-4H,2H2,1H3,(H,7,8,9);1H/t25-;3-,4+;/m11./s1. The molecule has 0 radical (unpaired) electrons. The average molecular weight is 866 g/mol. The summed E-state index contributed by atoms with van der Waals surface area (Å²) in [6.45, 7) is 10.2. The number of amides is 1. The van der Waals surface area contributed by atoms with E-state index in [4.69, 9.17) is 9.72 Å². The molecule has 0 spiro atoms. The summed E-state index contributed by atoms with van der Waals surface area (Å²) in [6.07, 6.45) is 4.60. The zero-order valence-corrected chi connectivity index (χ0v) is 36.2. The molecule has 1 aliphatic carbocycles. The Bertz CT molecular complexity index is 2930. The number of carbonyl (C=O) groups excluding carboxylic acids is 1. The van der Waals surface area contributed by atoms with E-state index >= 15 is 0 Å². The monoisotopic (exact) mass is 865 g/mol. The van der Waals surface area contributed by atoms with E-state index in [0.29, 0.717) is 89.3 Å². The van der Waals surface area contributed by atoms with Gasteiger partial charge in [0.15, 0.2) is 15.7 Å². The number of anilines is 1. The maximum Gasteiger partial charge on any atom is 0.438 e. The van der Waals surface area contributed by atoms with Crippen LogP contribution in [0.15, 0.2) is 79.7 Å². The smallest absolute Gasteiger partial charge is 0.381 e. The zero-order chi connectivity index (χ0) is 43.6. The van der Waals surface area contributed by atoms with Gasteiger partial charge in [0.1, 0.15) is 11.5 Å². The SMILES string of the molecule is C[C@@H]1C[C@@H]1c1noc(=O)[nH]1.Cc1cc(-n2c(N3CC(c4cccc(S(C)(=O)=O)c4)C3)nc3c(c2=O)CCN(C(=O)c2cc4cc(C5CCOCC5)ccc4[nH]2)[C@@H]3C)cc(C)c1F.[HH]. The Labute approximate surface area is 359 Å². The van der Waals surface area contributed by atoms with Gasteiger partial charge in [0.2, 0.25) is 5.95 Å². The van der Waals surface area contributed by atoms with Crippen molar-refractivity contribution < 1.29 is 28.3 Å². The topological polar surface area (TPSA) is 176 Å². The molecule has 1 saturated carbocycles. The first-order valence-electron chi connectivity index (χ1n) is 21.2. The molecule has 1 amide bonds. The fourth-order valence-electron chi connectivity index (χ4n) is 9.15. The molecule has 3 fully saturated rings. The summed E-state index contributed by atoms with van der Waals surface area (Å²) in [5.74, 6) is 1.74. The molecule has 326 valence electrons. The van der Waals surface area contributed by atoms with Crippen molar-refractivity contribution in [2.75, 3.05) is 44.0 Å². The molecule has 2 N–H and O–H groups in total. The number of halogens is 1. The lowest BCUT2D eigenvalue weighted by molar-refractivity contribution is 0.0666. The van der Waals surface area contributed by atoms with Crippen molar-refractivity contribution >= 4 is 32.6 Å². The van der Waals surface area contributed by atoms with Gasteiger partial charge in [-0.3, -0.25) is 19.1 Å². The van der Waals surface area contributed by atoms with Gasteiger partial charge in [-0.15, -0.1) is 0 Å². The first-order valence-corrected chi connectivity index (χ1v) is 23.1. The van der Waals surface area contributed by atoms with Crippen LogP contribution in [0.1, 0.15) is 108 Å². The minimum Gasteiger partial charge on any atom is -0.381 e. The molecule has 3 atom stereocenters. The van der Waals surface area contributed by atoms with Crippen LogP contribution in [-0.4, -0.2) is 83.0 Å². The predicted molar refractivity (Wildman–Crippen MR) is 234 cm³/mol. The van der Waals surface area contributed by atoms with Crippen molar-refractivity contribution in [3.8, 4) is 5.69 Å². The number of hydrogen-bond donors (Lipinski definition) is 2. The molecule has 3 aliphatic heterocycles. The molecule has 4 aliphatic rings. The largest absolute Gasteiger partial charge is 0.438 e. The van der Waals surface area contributed by atoms with Crippen LogP contribution < -0.4 is 16.2 Å². The molecule has 6 heterocycles. The zero-order valence-electron chi connectivity index (χ0n) is 35.4. The molecule has 0 bridgehead atoms. The number of hydrogen-bond acceptors (Lipinski definition) is 10. The Kier molecular flexibility index (Phi) is 10.8. The first kappa shape index (κ1) is 41.5. The van der Waals surface area contributed by atoms with Gasteiger partial charge in [-0.05, 0) is 123 Å². The summed E-state index contributed by atoms with van der Waals surface area (Å²) in [5.41, 5.74) is 5.75. The van der Waals surface area contributed by atoms with E-state index in [2.05, 4.69) is 38.7 Å². The molecule has 6 aromatic rings. The van der Waals surface area contributed by atoms with Crippen LogP contribution in [0, 0.1) is 25.6 Å². The van der Waals surface area contributed by atoms with E-state index in [1.807, 2.05) is 30.0 Å². The Morgan fingerprint density at radius 3 is 2.31 bits per heavy atom. The van der Waals surface area contributed by atoms with E-state index < -0.39 is 21.6 Å². The van der Waals surface area contributed by atoms with Crippen LogP contribution >= 0.6 is 0 Å². The molecule has 10 rings (SSSR count). The van der Waals surface area contributed by atoms with Crippen LogP contribution in [0.5, 0.6) is 0 Å². The van der Waals surface area contributed by atoms with E-state index in [1.165, 1.54) is 11.8 Å². The number of rotatable bonds is 7. The molecular formula is C46H52FN7O7S. The molecule has 3 aromatic carbocycles. The van der Waals surface area contributed by atoms with Gasteiger partial charge in [-0.2, -0.15) is 0 Å². The van der Waals surface area contributed by atoms with Gasteiger partial charge in [-0.25, -0.2) is 27.2 Å². The van der Waals surface area contributed by atoms with E-state index in [1.54, 1.807) is 53.6 Å². The average Bonchev–Trinajstić information content (AvgIpc) is 3.57. The Morgan fingerprint density at radius 1 is 0.935 bits per heavy atom. The lowest BCUT2D eigenvalue weighted by Gasteiger charge is -2.42. The summed E-state index contributed by atoms with van der Waals surface area (Å²) in [7, 11) is -3.37. The third kappa shape index (κ3) is 7.89. The van der Waals surface area contributed by atoms with Crippen LogP contribution in [0.3, 0.4) is 0 Å². The Hall–Kier alpha value is -5.87. The minimum absolute atomic E-state index is 0. The van der Waals surface area contributed by atoms with Crippen molar-refractivity contribution in [3.05, 3.63) is 132 Å². The molecule has 3 aromatic heterocycles. The minimum atomic E-state index is -3.37. The highest BCUT2D eigenvalue weighted by atomic mass is 32.2. The number of fused-ring (bicyclic) bond motifs is 2. The van der Waals surface area contributed by atoms with Crippen LogP contribution in [0.25, 0.3) is 16.6 Å². The van der Waals surface area contributed by atoms with Crippen LogP contribution in [0.2, 0.25) is 0 Å². The highest BCUT2D eigenvalue weighted by molar-refractivity contribution is 7.90. The number of benzene rings is 3. The van der Waals surface area contributed by atoms with E-state index in [0.717, 1.165) is 48.9 Å². The molecule has 14 nitrogen and oxygen atoms in total. The molecule has 2 saturated heterocycles. The molecular weight excluding hydrogens is 814 g/mol. The maximum atomic E-state index is 14.8. The Morgan fingerprint density at radius 2 is 1.65 bits per heavy atom. The lowest BCUT2D eigenvalue weighted by atomic mass is 9.91. The number of ether oxygens (including phenoxy) is 1. The fraction of sp³-hybridized carbons (Fsp3) is 0.413. The van der Waals surface area contributed by atoms with Crippen molar-refractivity contribution in [2.45, 2.75) is 82.1 Å². The normalized spacial score (nSPS) is 20.4. The quantitative estimate of drug-likeness (QED) is 0.172. The summed E-state index contributed by atoms with van der Waals surface area (Å²) in [5, 5.41) is 4.57. The van der Waals surface area contributed by atoms with Crippen LogP contribution in [0.4, 0.5) is 10.3 Å². The second-order valence-electron chi connectivity index (χ2n) is 17.4. The fourth-order valence-corrected chi connectivity index (χ4v) is 9.83. The van der Waals surface area contributed by atoms with Crippen molar-refractivity contribution in [3.63, 3.8) is 0 Å². The van der Waals surface area contributed by atoms with E-state index in [9.17, 15) is 27.2 Å². The summed E-state index contributed by atoms with van der Waals surface area (Å²) >= 11 is 0. The van der Waals surface area contributed by atoms with Gasteiger partial charge in [0.25, 0.3) is 11.5 Å². The number of sulfone groups is 1. The van der Waals surface area contributed by atoms with Gasteiger partial charge in [0, 0.05) is 68.8 Å². The highest BCUT2D eigenvalue weighted by Crippen LogP contribution is 2.45. The lowest BCUT2D eigenvalue weighted by Crippen LogP contribution is -2.49. The van der Waals surface area contributed by atoms with Gasteiger partial charge in [-0.1, -0.05) is 30.3 Å². The van der Waals surface area contributed by atoms with Gasteiger partial charge >= 0.3 is 5.76 Å². The second kappa shape index (κ2) is 16.1. The number of H-pyrrole nitrogens is 2. The maximum absolute atomic E-state index is 14.8. The van der Waals surface area contributed by atoms with Crippen molar-refractivity contribution in [2.24, 2.45) is 5.92 Å². The van der Waals surface area contributed by atoms with Gasteiger partial charge < -0.3 is 19.5 Å². The first-order chi connectivity index (χ1) is 29.6. The Balaban J connectivity index is 0.000000433. The number of nitrogens with zero attached hydrogens (tertiary/aromatic N) is 5. The molecule has 16 heteroatoms. The number of carbonyl (C=O) groups is 1. The second-order valence-corrected chi connectivity index (χ2v) is 19.4. The third-order valence-corrected chi connectivity index (χ3v) is 14.1. The summed E-state index contributed by atoms with van der Waals surface area (Å²) in [6, 6.07) is 18.1. The van der Waals surface area contributed by atoms with Crippen molar-refractivity contribution in [1.29, 1.82) is 0 Å².